The van der Waals surface area contributed by atoms with Crippen LogP contribution in [0.3, 0.4) is 0 Å². The highest BCUT2D eigenvalue weighted by molar-refractivity contribution is 7.99. The van der Waals surface area contributed by atoms with Crippen LogP contribution in [-0.4, -0.2) is 46.6 Å². The van der Waals surface area contributed by atoms with E-state index in [1.54, 1.807) is 43.1 Å². The Labute approximate surface area is 239 Å². The standard InChI is InChI=1S/C30H26FN5O4S/c1-39-22-14-15-26(40-2)25(16-22)36-27(17-32-29(38)24-9-5-7-19-6-3-4-8-23(19)24)34-35-30(36)41-18-28(37)33-21-12-10-20(31)11-13-21/h3-16H,17-18H2,1-2H3,(H,32,38)(H,33,37). The topological polar surface area (TPSA) is 107 Å². The molecule has 0 radical (unpaired) electrons. The van der Waals surface area contributed by atoms with Crippen molar-refractivity contribution in [2.24, 2.45) is 0 Å². The van der Waals surface area contributed by atoms with Gasteiger partial charge in [0.2, 0.25) is 5.91 Å². The molecule has 1 aromatic heterocycles. The molecule has 0 atom stereocenters. The van der Waals surface area contributed by atoms with Crippen molar-refractivity contribution in [2.75, 3.05) is 25.3 Å². The number of benzene rings is 4. The Balaban J connectivity index is 1.41. The number of carbonyl (C=O) groups excluding carboxylic acids is 2. The lowest BCUT2D eigenvalue weighted by atomic mass is 10.0. The van der Waals surface area contributed by atoms with Gasteiger partial charge in [-0.05, 0) is 53.2 Å². The first kappa shape index (κ1) is 27.7. The summed E-state index contributed by atoms with van der Waals surface area (Å²) in [4.78, 5) is 25.9. The third-order valence-electron chi connectivity index (χ3n) is 6.23. The molecule has 0 fully saturated rings. The van der Waals surface area contributed by atoms with Crippen molar-refractivity contribution in [2.45, 2.75) is 11.7 Å². The van der Waals surface area contributed by atoms with Crippen molar-refractivity contribution < 1.29 is 23.5 Å². The predicted octanol–water partition coefficient (Wildman–Crippen LogP) is 5.24. The van der Waals surface area contributed by atoms with E-state index in [0.29, 0.717) is 39.4 Å². The summed E-state index contributed by atoms with van der Waals surface area (Å²) in [5.41, 5.74) is 1.60. The maximum atomic E-state index is 13.2. The van der Waals surface area contributed by atoms with Gasteiger partial charge in [-0.15, -0.1) is 10.2 Å². The molecule has 208 valence electrons. The Kier molecular flexibility index (Phi) is 8.44. The SMILES string of the molecule is COc1ccc(OC)c(-n2c(CNC(=O)c3cccc4ccccc34)nnc2SCC(=O)Nc2ccc(F)cc2)c1. The van der Waals surface area contributed by atoms with E-state index in [4.69, 9.17) is 9.47 Å². The average molecular weight is 572 g/mol. The van der Waals surface area contributed by atoms with E-state index in [1.807, 2.05) is 36.4 Å². The van der Waals surface area contributed by atoms with Crippen molar-refractivity contribution in [3.8, 4) is 17.2 Å². The van der Waals surface area contributed by atoms with Crippen LogP contribution in [0, 0.1) is 5.82 Å². The van der Waals surface area contributed by atoms with Gasteiger partial charge in [0.1, 0.15) is 17.3 Å². The van der Waals surface area contributed by atoms with Gasteiger partial charge in [0, 0.05) is 17.3 Å². The van der Waals surface area contributed by atoms with Crippen molar-refractivity contribution >= 4 is 40.0 Å². The van der Waals surface area contributed by atoms with Crippen LogP contribution < -0.4 is 20.1 Å². The highest BCUT2D eigenvalue weighted by Gasteiger charge is 2.21. The molecule has 41 heavy (non-hydrogen) atoms. The number of amides is 2. The van der Waals surface area contributed by atoms with E-state index in [-0.39, 0.29) is 24.1 Å². The molecule has 5 aromatic rings. The summed E-state index contributed by atoms with van der Waals surface area (Å²) >= 11 is 1.15. The first-order valence-electron chi connectivity index (χ1n) is 12.6. The summed E-state index contributed by atoms with van der Waals surface area (Å²) in [6.07, 6.45) is 0. The maximum absolute atomic E-state index is 13.2. The minimum atomic E-state index is -0.391. The fraction of sp³-hybridized carbons (Fsp3) is 0.133. The van der Waals surface area contributed by atoms with Gasteiger partial charge < -0.3 is 20.1 Å². The van der Waals surface area contributed by atoms with Gasteiger partial charge in [-0.2, -0.15) is 0 Å². The molecule has 0 spiro atoms. The predicted molar refractivity (Wildman–Crippen MR) is 155 cm³/mol. The molecule has 0 aliphatic heterocycles. The molecule has 0 saturated carbocycles. The number of ether oxygens (including phenoxy) is 2. The average Bonchev–Trinajstić information content (AvgIpc) is 3.41. The summed E-state index contributed by atoms with van der Waals surface area (Å²) in [7, 11) is 3.10. The third-order valence-corrected chi connectivity index (χ3v) is 7.16. The van der Waals surface area contributed by atoms with Crippen LogP contribution in [0.2, 0.25) is 0 Å². The first-order chi connectivity index (χ1) is 20.0. The number of aromatic nitrogens is 3. The van der Waals surface area contributed by atoms with Gasteiger partial charge in [-0.1, -0.05) is 48.2 Å². The molecule has 1 heterocycles. The Bertz CT molecular complexity index is 1700. The largest absolute Gasteiger partial charge is 0.497 e. The molecule has 0 saturated heterocycles. The van der Waals surface area contributed by atoms with Gasteiger partial charge in [0.15, 0.2) is 11.0 Å². The number of halogens is 1. The van der Waals surface area contributed by atoms with Crippen LogP contribution in [0.25, 0.3) is 16.5 Å². The molecule has 5 rings (SSSR count). The number of hydrogen-bond donors (Lipinski definition) is 2. The zero-order chi connectivity index (χ0) is 28.8. The summed E-state index contributed by atoms with van der Waals surface area (Å²) < 4.78 is 26.0. The lowest BCUT2D eigenvalue weighted by molar-refractivity contribution is -0.113. The molecule has 0 unspecified atom stereocenters. The number of fused-ring (bicyclic) bond motifs is 1. The van der Waals surface area contributed by atoms with E-state index < -0.39 is 5.82 Å². The van der Waals surface area contributed by atoms with E-state index >= 15 is 0 Å². The molecule has 9 nitrogen and oxygen atoms in total. The van der Waals surface area contributed by atoms with Crippen LogP contribution in [0.15, 0.2) is 90.1 Å². The maximum Gasteiger partial charge on any atom is 0.252 e. The van der Waals surface area contributed by atoms with Crippen LogP contribution >= 0.6 is 11.8 Å². The number of hydrogen-bond acceptors (Lipinski definition) is 7. The van der Waals surface area contributed by atoms with Gasteiger partial charge in [0.05, 0.1) is 32.2 Å². The Morgan fingerprint density at radius 3 is 2.49 bits per heavy atom. The van der Waals surface area contributed by atoms with Crippen molar-refractivity contribution in [3.05, 3.63) is 102 Å². The van der Waals surface area contributed by atoms with E-state index in [0.717, 1.165) is 22.5 Å². The number of thioether (sulfide) groups is 1. The van der Waals surface area contributed by atoms with Crippen LogP contribution in [0.1, 0.15) is 16.2 Å². The normalized spacial score (nSPS) is 10.8. The molecule has 11 heteroatoms. The highest BCUT2D eigenvalue weighted by atomic mass is 32.2. The second-order valence-corrected chi connectivity index (χ2v) is 9.77. The van der Waals surface area contributed by atoms with Crippen molar-refractivity contribution in [1.29, 1.82) is 0 Å². The van der Waals surface area contributed by atoms with Gasteiger partial charge >= 0.3 is 0 Å². The number of nitrogens with one attached hydrogen (secondary N) is 2. The lowest BCUT2D eigenvalue weighted by Crippen LogP contribution is -2.25. The van der Waals surface area contributed by atoms with Gasteiger partial charge in [0.25, 0.3) is 5.91 Å². The summed E-state index contributed by atoms with van der Waals surface area (Å²) in [6, 6.07) is 24.0. The lowest BCUT2D eigenvalue weighted by Gasteiger charge is -2.15. The van der Waals surface area contributed by atoms with Crippen molar-refractivity contribution in [3.63, 3.8) is 0 Å². The van der Waals surface area contributed by atoms with Gasteiger partial charge in [-0.25, -0.2) is 4.39 Å². The number of nitrogens with zero attached hydrogens (tertiary/aromatic N) is 3. The molecule has 2 N–H and O–H groups in total. The first-order valence-corrected chi connectivity index (χ1v) is 13.6. The number of carbonyl (C=O) groups is 2. The Hall–Kier alpha value is -4.90. The summed E-state index contributed by atoms with van der Waals surface area (Å²) in [5, 5.41) is 16.5. The summed E-state index contributed by atoms with van der Waals surface area (Å²) in [6.45, 7) is 0.0533. The Morgan fingerprint density at radius 2 is 1.71 bits per heavy atom. The number of anilines is 1. The minimum absolute atomic E-state index is 0.00412. The molecule has 2 amide bonds. The fourth-order valence-corrected chi connectivity index (χ4v) is 5.02. The zero-order valence-corrected chi connectivity index (χ0v) is 23.1. The van der Waals surface area contributed by atoms with E-state index in [2.05, 4.69) is 20.8 Å². The second kappa shape index (κ2) is 12.5. The molecular formula is C30H26FN5O4S. The third kappa shape index (κ3) is 6.30. The molecule has 0 bridgehead atoms. The second-order valence-electron chi connectivity index (χ2n) is 8.83. The quantitative estimate of drug-likeness (QED) is 0.221. The Morgan fingerprint density at radius 1 is 0.927 bits per heavy atom. The highest BCUT2D eigenvalue weighted by Crippen LogP contribution is 2.32. The van der Waals surface area contributed by atoms with Crippen molar-refractivity contribution in [1.82, 2.24) is 20.1 Å². The smallest absolute Gasteiger partial charge is 0.252 e. The fourth-order valence-electron chi connectivity index (χ4n) is 4.26. The molecule has 0 aliphatic carbocycles. The zero-order valence-electron chi connectivity index (χ0n) is 22.3. The van der Waals surface area contributed by atoms with Gasteiger partial charge in [-0.3, -0.25) is 14.2 Å². The van der Waals surface area contributed by atoms with Crippen LogP contribution in [0.5, 0.6) is 11.5 Å². The van der Waals surface area contributed by atoms with E-state index in [1.165, 1.54) is 24.3 Å². The van der Waals surface area contributed by atoms with Crippen LogP contribution in [0.4, 0.5) is 10.1 Å². The molecular weight excluding hydrogens is 545 g/mol. The monoisotopic (exact) mass is 571 g/mol. The minimum Gasteiger partial charge on any atom is -0.497 e. The molecule has 0 aliphatic rings. The molecule has 4 aromatic carbocycles. The van der Waals surface area contributed by atoms with E-state index in [9.17, 15) is 14.0 Å². The summed E-state index contributed by atoms with van der Waals surface area (Å²) in [5.74, 6) is 0.560. The number of methoxy groups -OCH3 is 2. The van der Waals surface area contributed by atoms with Crippen LogP contribution in [-0.2, 0) is 11.3 Å². The number of rotatable bonds is 10.